The standard InChI is InChI=1S/C24H21NO4/c1-2-15-27-21-12-8-11-20(16-21)25-24(26)18-29-23-14-7-6-13-22(23)28-17-19-9-4-3-5-10-19/h1,3-14,16H,15,17-18H2,(H,25,26). The summed E-state index contributed by atoms with van der Waals surface area (Å²) < 4.78 is 16.8. The molecule has 3 aromatic rings. The van der Waals surface area contributed by atoms with Gasteiger partial charge in [-0.3, -0.25) is 4.79 Å². The van der Waals surface area contributed by atoms with E-state index in [1.54, 1.807) is 30.3 Å². The second-order valence-corrected chi connectivity index (χ2v) is 6.08. The molecule has 5 heteroatoms. The van der Waals surface area contributed by atoms with Crippen LogP contribution in [-0.2, 0) is 11.4 Å². The maximum atomic E-state index is 12.3. The smallest absolute Gasteiger partial charge is 0.262 e. The zero-order valence-electron chi connectivity index (χ0n) is 15.8. The molecular weight excluding hydrogens is 366 g/mol. The average Bonchev–Trinajstić information content (AvgIpc) is 2.76. The van der Waals surface area contributed by atoms with Crippen molar-refractivity contribution >= 4 is 11.6 Å². The van der Waals surface area contributed by atoms with Crippen molar-refractivity contribution in [3.8, 4) is 29.6 Å². The van der Waals surface area contributed by atoms with E-state index in [-0.39, 0.29) is 19.1 Å². The molecule has 0 heterocycles. The van der Waals surface area contributed by atoms with Crippen LogP contribution >= 0.6 is 0 Å². The van der Waals surface area contributed by atoms with Crippen LogP contribution in [0.3, 0.4) is 0 Å². The monoisotopic (exact) mass is 387 g/mol. The van der Waals surface area contributed by atoms with Crippen molar-refractivity contribution in [3.63, 3.8) is 0 Å². The van der Waals surface area contributed by atoms with Crippen LogP contribution in [0.25, 0.3) is 0 Å². The van der Waals surface area contributed by atoms with Gasteiger partial charge in [-0.25, -0.2) is 0 Å². The summed E-state index contributed by atoms with van der Waals surface area (Å²) in [6, 6.07) is 24.1. The maximum Gasteiger partial charge on any atom is 0.262 e. The fraction of sp³-hybridized carbons (Fsp3) is 0.125. The molecule has 0 fully saturated rings. The first-order chi connectivity index (χ1) is 14.2. The van der Waals surface area contributed by atoms with Gasteiger partial charge in [-0.2, -0.15) is 0 Å². The lowest BCUT2D eigenvalue weighted by molar-refractivity contribution is -0.118. The fourth-order valence-corrected chi connectivity index (χ4v) is 2.55. The van der Waals surface area contributed by atoms with Crippen LogP contribution in [0, 0.1) is 12.3 Å². The van der Waals surface area contributed by atoms with Crippen molar-refractivity contribution in [1.29, 1.82) is 0 Å². The van der Waals surface area contributed by atoms with Gasteiger partial charge in [-0.05, 0) is 29.8 Å². The number of nitrogens with one attached hydrogen (secondary N) is 1. The molecule has 0 spiro atoms. The molecule has 146 valence electrons. The van der Waals surface area contributed by atoms with Gasteiger partial charge in [0.1, 0.15) is 19.0 Å². The van der Waals surface area contributed by atoms with Crippen LogP contribution in [0.4, 0.5) is 5.69 Å². The molecule has 0 atom stereocenters. The van der Waals surface area contributed by atoms with E-state index in [1.807, 2.05) is 48.5 Å². The van der Waals surface area contributed by atoms with Gasteiger partial charge < -0.3 is 19.5 Å². The van der Waals surface area contributed by atoms with Crippen molar-refractivity contribution in [2.75, 3.05) is 18.5 Å². The zero-order chi connectivity index (χ0) is 20.3. The summed E-state index contributed by atoms with van der Waals surface area (Å²) >= 11 is 0. The third-order valence-electron chi connectivity index (χ3n) is 3.89. The summed E-state index contributed by atoms with van der Waals surface area (Å²) in [6.07, 6.45) is 5.19. The van der Waals surface area contributed by atoms with Gasteiger partial charge in [0.25, 0.3) is 5.91 Å². The van der Waals surface area contributed by atoms with E-state index in [0.29, 0.717) is 29.5 Å². The van der Waals surface area contributed by atoms with Gasteiger partial charge in [0.15, 0.2) is 18.1 Å². The molecule has 29 heavy (non-hydrogen) atoms. The number of para-hydroxylation sites is 2. The Labute approximate surface area is 170 Å². The highest BCUT2D eigenvalue weighted by atomic mass is 16.5. The Bertz CT molecular complexity index is 979. The van der Waals surface area contributed by atoms with E-state index in [2.05, 4.69) is 11.2 Å². The molecule has 0 aliphatic heterocycles. The molecule has 0 aliphatic carbocycles. The molecule has 0 radical (unpaired) electrons. The molecule has 3 aromatic carbocycles. The SMILES string of the molecule is C#CCOc1cccc(NC(=O)COc2ccccc2OCc2ccccc2)c1. The molecule has 0 saturated heterocycles. The maximum absolute atomic E-state index is 12.3. The predicted octanol–water partition coefficient (Wildman–Crippen LogP) is 4.30. The number of hydrogen-bond acceptors (Lipinski definition) is 4. The summed E-state index contributed by atoms with van der Waals surface area (Å²) in [5, 5.41) is 2.77. The van der Waals surface area contributed by atoms with Crippen molar-refractivity contribution in [3.05, 3.63) is 84.4 Å². The Kier molecular flexibility index (Phi) is 7.14. The Hall–Kier alpha value is -3.91. The highest BCUT2D eigenvalue weighted by molar-refractivity contribution is 5.92. The first-order valence-electron chi connectivity index (χ1n) is 9.09. The Morgan fingerprint density at radius 1 is 0.862 bits per heavy atom. The minimum Gasteiger partial charge on any atom is -0.485 e. The molecule has 1 N–H and O–H groups in total. The average molecular weight is 387 g/mol. The van der Waals surface area contributed by atoms with Gasteiger partial charge in [0.05, 0.1) is 0 Å². The summed E-state index contributed by atoms with van der Waals surface area (Å²) in [5.41, 5.74) is 1.65. The summed E-state index contributed by atoms with van der Waals surface area (Å²) in [7, 11) is 0. The molecule has 0 aliphatic rings. The zero-order valence-corrected chi connectivity index (χ0v) is 15.8. The highest BCUT2D eigenvalue weighted by Crippen LogP contribution is 2.27. The van der Waals surface area contributed by atoms with E-state index in [9.17, 15) is 4.79 Å². The van der Waals surface area contributed by atoms with Crippen LogP contribution in [0.1, 0.15) is 5.56 Å². The summed E-state index contributed by atoms with van der Waals surface area (Å²) in [4.78, 5) is 12.3. The largest absolute Gasteiger partial charge is 0.485 e. The highest BCUT2D eigenvalue weighted by Gasteiger charge is 2.09. The number of carbonyl (C=O) groups excluding carboxylic acids is 1. The van der Waals surface area contributed by atoms with Crippen LogP contribution < -0.4 is 19.5 Å². The van der Waals surface area contributed by atoms with Crippen molar-refractivity contribution in [2.45, 2.75) is 6.61 Å². The van der Waals surface area contributed by atoms with Crippen LogP contribution in [0.15, 0.2) is 78.9 Å². The van der Waals surface area contributed by atoms with E-state index in [0.717, 1.165) is 5.56 Å². The quantitative estimate of drug-likeness (QED) is 0.557. The Morgan fingerprint density at radius 3 is 2.34 bits per heavy atom. The van der Waals surface area contributed by atoms with Gasteiger partial charge in [0.2, 0.25) is 0 Å². The molecule has 0 bridgehead atoms. The third-order valence-corrected chi connectivity index (χ3v) is 3.89. The Morgan fingerprint density at radius 2 is 1.59 bits per heavy atom. The van der Waals surface area contributed by atoms with Gasteiger partial charge >= 0.3 is 0 Å². The third kappa shape index (κ3) is 6.33. The minimum absolute atomic E-state index is 0.152. The van der Waals surface area contributed by atoms with Gasteiger partial charge in [0, 0.05) is 11.8 Å². The fourth-order valence-electron chi connectivity index (χ4n) is 2.55. The lowest BCUT2D eigenvalue weighted by Gasteiger charge is -2.13. The topological polar surface area (TPSA) is 56.8 Å². The lowest BCUT2D eigenvalue weighted by atomic mass is 10.2. The van der Waals surface area contributed by atoms with E-state index < -0.39 is 0 Å². The normalized spacial score (nSPS) is 9.90. The molecule has 3 rings (SSSR count). The van der Waals surface area contributed by atoms with Crippen molar-refractivity contribution in [1.82, 2.24) is 0 Å². The molecule has 5 nitrogen and oxygen atoms in total. The number of ether oxygens (including phenoxy) is 3. The first-order valence-corrected chi connectivity index (χ1v) is 9.09. The molecule has 1 amide bonds. The van der Waals surface area contributed by atoms with Crippen LogP contribution in [-0.4, -0.2) is 19.1 Å². The van der Waals surface area contributed by atoms with Crippen molar-refractivity contribution < 1.29 is 19.0 Å². The number of terminal acetylenes is 1. The Balaban J connectivity index is 1.54. The number of benzene rings is 3. The number of anilines is 1. The van der Waals surface area contributed by atoms with Crippen LogP contribution in [0.2, 0.25) is 0 Å². The van der Waals surface area contributed by atoms with Gasteiger partial charge in [-0.15, -0.1) is 6.42 Å². The van der Waals surface area contributed by atoms with Gasteiger partial charge in [-0.1, -0.05) is 54.5 Å². The first kappa shape index (κ1) is 19.8. The molecule has 0 saturated carbocycles. The van der Waals surface area contributed by atoms with E-state index in [4.69, 9.17) is 20.6 Å². The predicted molar refractivity (Wildman–Crippen MR) is 112 cm³/mol. The van der Waals surface area contributed by atoms with E-state index >= 15 is 0 Å². The lowest BCUT2D eigenvalue weighted by Crippen LogP contribution is -2.20. The second-order valence-electron chi connectivity index (χ2n) is 6.08. The number of amides is 1. The van der Waals surface area contributed by atoms with Crippen molar-refractivity contribution in [2.24, 2.45) is 0 Å². The molecule has 0 unspecified atom stereocenters. The van der Waals surface area contributed by atoms with Crippen LogP contribution in [0.5, 0.6) is 17.2 Å². The molecule has 0 aromatic heterocycles. The second kappa shape index (κ2) is 10.4. The number of carbonyl (C=O) groups is 1. The molecular formula is C24H21NO4. The minimum atomic E-state index is -0.294. The number of rotatable bonds is 9. The summed E-state index contributed by atoms with van der Waals surface area (Å²) in [6.45, 7) is 0.430. The summed E-state index contributed by atoms with van der Waals surface area (Å²) in [5.74, 6) is 3.77. The van der Waals surface area contributed by atoms with E-state index in [1.165, 1.54) is 0 Å². The number of hydrogen-bond donors (Lipinski definition) is 1.